The van der Waals surface area contributed by atoms with E-state index in [1.165, 1.54) is 54.6 Å². The SMILES string of the molecule is c1ccc(-c2ccc3c(c2)c2cc(-c4ccccc4)ccc2n3-c2cccc(-n3c4ccccc4c4c5c6ccccc6n(-c6nc(-n7c8ccccc8c8ccccc87)cc(-n7c8ccccc8c8ccccc87)n6)c5ccc43)n2)cc1. The normalized spacial score (nSPS) is 12.1. The summed E-state index contributed by atoms with van der Waals surface area (Å²) in [7, 11) is 0. The average Bonchev–Trinajstić information content (AvgIpc) is 4.33. The van der Waals surface area contributed by atoms with Crippen molar-refractivity contribution in [1.29, 1.82) is 0 Å². The van der Waals surface area contributed by atoms with Crippen molar-refractivity contribution < 1.29 is 0 Å². The molecule has 83 heavy (non-hydrogen) atoms. The Labute approximate surface area is 474 Å². The molecule has 0 aliphatic carbocycles. The molecule has 0 N–H and O–H groups in total. The van der Waals surface area contributed by atoms with Gasteiger partial charge in [-0.25, -0.2) is 4.98 Å². The zero-order valence-corrected chi connectivity index (χ0v) is 44.6. The van der Waals surface area contributed by atoms with Crippen LogP contribution in [0.3, 0.4) is 0 Å². The van der Waals surface area contributed by atoms with E-state index in [1.807, 2.05) is 0 Å². The summed E-state index contributed by atoms with van der Waals surface area (Å²) < 4.78 is 11.6. The molecule has 8 heteroatoms. The van der Waals surface area contributed by atoms with E-state index in [0.29, 0.717) is 5.95 Å². The van der Waals surface area contributed by atoms with Gasteiger partial charge in [-0.1, -0.05) is 188 Å². The molecule has 0 bridgehead atoms. The summed E-state index contributed by atoms with van der Waals surface area (Å²) in [4.78, 5) is 17.0. The van der Waals surface area contributed by atoms with Crippen LogP contribution in [0.15, 0.2) is 279 Å². The smallest absolute Gasteiger partial charge is 0.238 e. The molecule has 0 radical (unpaired) electrons. The maximum atomic E-state index is 5.69. The van der Waals surface area contributed by atoms with E-state index < -0.39 is 0 Å². The maximum Gasteiger partial charge on any atom is 0.238 e. The van der Waals surface area contributed by atoms with Crippen molar-refractivity contribution >= 4 is 109 Å². The van der Waals surface area contributed by atoms with Crippen LogP contribution in [0.2, 0.25) is 0 Å². The number of fused-ring (bicyclic) bond motifs is 16. The summed E-state index contributed by atoms with van der Waals surface area (Å²) in [5, 5.41) is 11.5. The number of rotatable bonds is 7. The van der Waals surface area contributed by atoms with Crippen molar-refractivity contribution in [3.63, 3.8) is 0 Å². The Morgan fingerprint density at radius 1 is 0.181 bits per heavy atom. The van der Waals surface area contributed by atoms with E-state index in [0.717, 1.165) is 100.0 Å². The number of aromatic nitrogens is 8. The van der Waals surface area contributed by atoms with Crippen LogP contribution in [0.1, 0.15) is 0 Å². The molecule has 0 saturated heterocycles. The van der Waals surface area contributed by atoms with Gasteiger partial charge in [-0.3, -0.25) is 22.8 Å². The van der Waals surface area contributed by atoms with Crippen LogP contribution in [-0.4, -0.2) is 37.8 Å². The van der Waals surface area contributed by atoms with Gasteiger partial charge in [-0.05, 0) is 107 Å². The molecule has 0 fully saturated rings. The van der Waals surface area contributed by atoms with Crippen molar-refractivity contribution in [3.8, 4) is 51.5 Å². The molecule has 0 atom stereocenters. The minimum absolute atomic E-state index is 0.572. The number of benzene rings is 11. The molecule has 8 nitrogen and oxygen atoms in total. The van der Waals surface area contributed by atoms with Gasteiger partial charge in [0.25, 0.3) is 0 Å². The van der Waals surface area contributed by atoms with Crippen LogP contribution in [0, 0.1) is 0 Å². The Morgan fingerprint density at radius 2 is 0.494 bits per heavy atom. The summed E-state index contributed by atoms with van der Waals surface area (Å²) in [6, 6.07) is 100. The first-order valence-electron chi connectivity index (χ1n) is 28.2. The molecule has 0 amide bonds. The Balaban J connectivity index is 0.875. The molecule has 0 spiro atoms. The maximum absolute atomic E-state index is 5.69. The van der Waals surface area contributed by atoms with Gasteiger partial charge in [-0.15, -0.1) is 0 Å². The third-order valence-corrected chi connectivity index (χ3v) is 17.1. The predicted octanol–water partition coefficient (Wildman–Crippen LogP) is 18.7. The second-order valence-electron chi connectivity index (χ2n) is 21.6. The quantitative estimate of drug-likeness (QED) is 0.160. The highest BCUT2D eigenvalue weighted by atomic mass is 15.2. The summed E-state index contributed by atoms with van der Waals surface area (Å²) in [6.07, 6.45) is 0. The Kier molecular flexibility index (Phi) is 9.64. The van der Waals surface area contributed by atoms with Crippen molar-refractivity contribution in [2.24, 2.45) is 0 Å². The zero-order valence-electron chi connectivity index (χ0n) is 44.6. The molecule has 11 aromatic carbocycles. The highest BCUT2D eigenvalue weighted by Crippen LogP contribution is 2.44. The lowest BCUT2D eigenvalue weighted by molar-refractivity contribution is 0.918. The average molecular weight is 1060 g/mol. The highest BCUT2D eigenvalue weighted by Gasteiger charge is 2.25. The largest absolute Gasteiger partial charge is 0.294 e. The fraction of sp³-hybridized carbons (Fsp3) is 0. The van der Waals surface area contributed by atoms with Crippen LogP contribution in [0.4, 0.5) is 0 Å². The van der Waals surface area contributed by atoms with Gasteiger partial charge in [0.1, 0.15) is 23.3 Å². The third-order valence-electron chi connectivity index (χ3n) is 17.1. The highest BCUT2D eigenvalue weighted by molar-refractivity contribution is 6.29. The standard InChI is InChI=1S/C75H46N8/c1-3-20-47(21-4-1)49-38-40-65-57(44-49)58-45-50(48-22-5-2-6-23-48)39-41-66(58)79(65)69-36-19-37-70(76-69)82-63-34-17-11-28-55(63)73-67(82)42-43-68-74(73)56-29-12-18-35-64(56)83(68)75-77-71(80-59-30-13-7-24-51(59)52-25-8-14-31-60(52)80)46-72(78-75)81-61-32-15-9-26-53(61)54-27-10-16-33-62(54)81/h1-46H. The molecule has 18 aromatic rings. The molecular weight excluding hydrogens is 1010 g/mol. The molecule has 386 valence electrons. The number of pyridine rings is 1. The van der Waals surface area contributed by atoms with Gasteiger partial charge in [-0.2, -0.15) is 9.97 Å². The summed E-state index contributed by atoms with van der Waals surface area (Å²) in [6.45, 7) is 0. The van der Waals surface area contributed by atoms with Crippen LogP contribution in [-0.2, 0) is 0 Å². The second kappa shape index (κ2) is 17.6. The van der Waals surface area contributed by atoms with Gasteiger partial charge < -0.3 is 0 Å². The third kappa shape index (κ3) is 6.66. The monoisotopic (exact) mass is 1060 g/mol. The van der Waals surface area contributed by atoms with Gasteiger partial charge in [0.2, 0.25) is 5.95 Å². The fourth-order valence-electron chi connectivity index (χ4n) is 13.6. The molecule has 0 saturated carbocycles. The first-order chi connectivity index (χ1) is 41.2. The minimum Gasteiger partial charge on any atom is -0.294 e. The zero-order chi connectivity index (χ0) is 54.3. The van der Waals surface area contributed by atoms with Crippen molar-refractivity contribution in [2.45, 2.75) is 0 Å². The second-order valence-corrected chi connectivity index (χ2v) is 21.6. The Morgan fingerprint density at radius 3 is 0.928 bits per heavy atom. The van der Waals surface area contributed by atoms with E-state index in [4.69, 9.17) is 15.0 Å². The van der Waals surface area contributed by atoms with Gasteiger partial charge in [0.05, 0.1) is 55.2 Å². The van der Waals surface area contributed by atoms with E-state index in [-0.39, 0.29) is 0 Å². The Hall–Kier alpha value is -11.4. The first kappa shape index (κ1) is 45.5. The van der Waals surface area contributed by atoms with Crippen molar-refractivity contribution in [1.82, 2.24) is 37.8 Å². The van der Waals surface area contributed by atoms with Gasteiger partial charge >= 0.3 is 0 Å². The van der Waals surface area contributed by atoms with Gasteiger partial charge in [0.15, 0.2) is 0 Å². The summed E-state index contributed by atoms with van der Waals surface area (Å²) in [5.41, 5.74) is 15.4. The topological polar surface area (TPSA) is 63.3 Å². The lowest BCUT2D eigenvalue weighted by atomic mass is 10.0. The molecule has 18 rings (SSSR count). The van der Waals surface area contributed by atoms with Crippen LogP contribution in [0.5, 0.6) is 0 Å². The van der Waals surface area contributed by atoms with Crippen molar-refractivity contribution in [3.05, 3.63) is 279 Å². The lowest BCUT2D eigenvalue weighted by Crippen LogP contribution is -2.10. The first-order valence-corrected chi connectivity index (χ1v) is 28.2. The summed E-state index contributed by atoms with van der Waals surface area (Å²) in [5.74, 6) is 3.78. The number of nitrogens with zero attached hydrogens (tertiary/aromatic N) is 8. The molecule has 0 aliphatic heterocycles. The lowest BCUT2D eigenvalue weighted by Gasteiger charge is -2.15. The van der Waals surface area contributed by atoms with E-state index >= 15 is 0 Å². The van der Waals surface area contributed by atoms with E-state index in [2.05, 4.69) is 302 Å². The molecule has 7 aromatic heterocycles. The van der Waals surface area contributed by atoms with Gasteiger partial charge in [0, 0.05) is 59.9 Å². The Bertz CT molecular complexity index is 5360. The molecule has 0 unspecified atom stereocenters. The van der Waals surface area contributed by atoms with E-state index in [1.54, 1.807) is 0 Å². The molecule has 0 aliphatic rings. The fourth-order valence-corrected chi connectivity index (χ4v) is 13.6. The number of para-hydroxylation sites is 6. The predicted molar refractivity (Wildman–Crippen MR) is 342 cm³/mol. The number of hydrogen-bond donors (Lipinski definition) is 0. The van der Waals surface area contributed by atoms with E-state index in [9.17, 15) is 0 Å². The summed E-state index contributed by atoms with van der Waals surface area (Å²) >= 11 is 0. The molecule has 7 heterocycles. The van der Waals surface area contributed by atoms with Crippen LogP contribution in [0.25, 0.3) is 161 Å². The van der Waals surface area contributed by atoms with Crippen LogP contribution >= 0.6 is 0 Å². The molecular formula is C75H46N8. The van der Waals surface area contributed by atoms with Crippen LogP contribution < -0.4 is 0 Å². The number of hydrogen-bond acceptors (Lipinski definition) is 3. The van der Waals surface area contributed by atoms with Crippen molar-refractivity contribution in [2.75, 3.05) is 0 Å². The minimum atomic E-state index is 0.572.